The van der Waals surface area contributed by atoms with Crippen LogP contribution in [-0.4, -0.2) is 23.3 Å². The number of nitrogens with zero attached hydrogens (tertiary/aromatic N) is 1. The number of hydrogen-bond donors (Lipinski definition) is 0. The van der Waals surface area contributed by atoms with Crippen molar-refractivity contribution in [2.45, 2.75) is 6.42 Å². The number of rotatable bonds is 3. The van der Waals surface area contributed by atoms with E-state index in [0.717, 1.165) is 10.0 Å². The SMILES string of the molecule is O=C1C=CC(=O)N1CCc1cccc(Br)c1. The number of benzene rings is 1. The maximum atomic E-state index is 11.3. The Kier molecular flexibility index (Phi) is 3.19. The van der Waals surface area contributed by atoms with Gasteiger partial charge in [0.25, 0.3) is 11.8 Å². The average molecular weight is 280 g/mol. The molecule has 4 heteroatoms. The third kappa shape index (κ3) is 2.39. The average Bonchev–Trinajstić information content (AvgIpc) is 2.56. The molecule has 1 aromatic carbocycles. The van der Waals surface area contributed by atoms with Gasteiger partial charge in [0.15, 0.2) is 0 Å². The minimum atomic E-state index is -0.222. The summed E-state index contributed by atoms with van der Waals surface area (Å²) in [7, 11) is 0. The van der Waals surface area contributed by atoms with Gasteiger partial charge in [-0.05, 0) is 24.1 Å². The first-order valence-corrected chi connectivity index (χ1v) is 5.74. The minimum absolute atomic E-state index is 0.222. The van der Waals surface area contributed by atoms with Gasteiger partial charge in [-0.15, -0.1) is 0 Å². The van der Waals surface area contributed by atoms with Gasteiger partial charge in [-0.25, -0.2) is 0 Å². The molecule has 1 aliphatic heterocycles. The highest BCUT2D eigenvalue weighted by Crippen LogP contribution is 2.13. The molecule has 0 bridgehead atoms. The summed E-state index contributed by atoms with van der Waals surface area (Å²) in [6.45, 7) is 0.432. The summed E-state index contributed by atoms with van der Waals surface area (Å²) in [4.78, 5) is 23.8. The Morgan fingerprint density at radius 2 is 1.81 bits per heavy atom. The van der Waals surface area contributed by atoms with Gasteiger partial charge in [0.2, 0.25) is 0 Å². The summed E-state index contributed by atoms with van der Waals surface area (Å²) < 4.78 is 1.00. The molecule has 1 aliphatic rings. The van der Waals surface area contributed by atoms with E-state index in [-0.39, 0.29) is 11.8 Å². The molecule has 3 nitrogen and oxygen atoms in total. The van der Waals surface area contributed by atoms with Gasteiger partial charge >= 0.3 is 0 Å². The van der Waals surface area contributed by atoms with E-state index in [2.05, 4.69) is 15.9 Å². The van der Waals surface area contributed by atoms with E-state index in [1.165, 1.54) is 17.1 Å². The summed E-state index contributed by atoms with van der Waals surface area (Å²) >= 11 is 3.38. The molecule has 2 amide bonds. The molecule has 0 saturated carbocycles. The van der Waals surface area contributed by atoms with Crippen molar-refractivity contribution < 1.29 is 9.59 Å². The fourth-order valence-electron chi connectivity index (χ4n) is 1.58. The first kappa shape index (κ1) is 11.1. The standard InChI is InChI=1S/C12H10BrNO2/c13-10-3-1-2-9(8-10)6-7-14-11(15)4-5-12(14)16/h1-5,8H,6-7H2. The Balaban J connectivity index is 1.98. The third-order valence-electron chi connectivity index (χ3n) is 2.41. The van der Waals surface area contributed by atoms with E-state index in [4.69, 9.17) is 0 Å². The highest BCUT2D eigenvalue weighted by Gasteiger charge is 2.22. The number of hydrogen-bond acceptors (Lipinski definition) is 2. The van der Waals surface area contributed by atoms with Gasteiger partial charge in [-0.1, -0.05) is 28.1 Å². The largest absolute Gasteiger partial charge is 0.275 e. The molecule has 1 aromatic rings. The Morgan fingerprint density at radius 3 is 2.44 bits per heavy atom. The first-order valence-electron chi connectivity index (χ1n) is 4.95. The van der Waals surface area contributed by atoms with E-state index in [1.54, 1.807) is 0 Å². The van der Waals surface area contributed by atoms with Crippen molar-refractivity contribution in [3.05, 3.63) is 46.5 Å². The summed E-state index contributed by atoms with van der Waals surface area (Å²) in [6, 6.07) is 7.84. The van der Waals surface area contributed by atoms with Crippen molar-refractivity contribution in [3.8, 4) is 0 Å². The molecule has 0 N–H and O–H groups in total. The molecule has 0 fully saturated rings. The van der Waals surface area contributed by atoms with Crippen molar-refractivity contribution in [3.63, 3.8) is 0 Å². The van der Waals surface area contributed by atoms with Gasteiger partial charge in [0, 0.05) is 23.2 Å². The molecule has 0 radical (unpaired) electrons. The van der Waals surface area contributed by atoms with E-state index in [0.29, 0.717) is 13.0 Å². The summed E-state index contributed by atoms with van der Waals surface area (Å²) in [5.74, 6) is -0.444. The lowest BCUT2D eigenvalue weighted by atomic mass is 10.1. The van der Waals surface area contributed by atoms with E-state index < -0.39 is 0 Å². The number of amides is 2. The van der Waals surface area contributed by atoms with Crippen LogP contribution in [0.15, 0.2) is 40.9 Å². The molecule has 16 heavy (non-hydrogen) atoms. The summed E-state index contributed by atoms with van der Waals surface area (Å²) in [5.41, 5.74) is 1.10. The van der Waals surface area contributed by atoms with Crippen molar-refractivity contribution in [1.82, 2.24) is 4.90 Å². The number of carbonyl (C=O) groups is 2. The fourth-order valence-corrected chi connectivity index (χ4v) is 2.03. The molecule has 0 aromatic heterocycles. The van der Waals surface area contributed by atoms with Gasteiger partial charge in [0.1, 0.15) is 0 Å². The topological polar surface area (TPSA) is 37.4 Å². The fraction of sp³-hybridized carbons (Fsp3) is 0.167. The van der Waals surface area contributed by atoms with Crippen LogP contribution in [-0.2, 0) is 16.0 Å². The quantitative estimate of drug-likeness (QED) is 0.793. The second-order valence-electron chi connectivity index (χ2n) is 3.54. The third-order valence-corrected chi connectivity index (χ3v) is 2.91. The lowest BCUT2D eigenvalue weighted by Gasteiger charge is -2.13. The normalized spacial score (nSPS) is 14.9. The lowest BCUT2D eigenvalue weighted by Crippen LogP contribution is -2.31. The second kappa shape index (κ2) is 4.61. The van der Waals surface area contributed by atoms with Crippen LogP contribution in [0.3, 0.4) is 0 Å². The Morgan fingerprint density at radius 1 is 1.12 bits per heavy atom. The van der Waals surface area contributed by atoms with Gasteiger partial charge in [-0.3, -0.25) is 14.5 Å². The Labute approximate surface area is 102 Å². The maximum absolute atomic E-state index is 11.3. The molecule has 0 unspecified atom stereocenters. The predicted octanol–water partition coefficient (Wildman–Crippen LogP) is 1.92. The van der Waals surface area contributed by atoms with Crippen LogP contribution in [0.2, 0.25) is 0 Å². The highest BCUT2D eigenvalue weighted by molar-refractivity contribution is 9.10. The summed E-state index contributed by atoms with van der Waals surface area (Å²) in [6.07, 6.45) is 3.30. The van der Waals surface area contributed by atoms with Crippen molar-refractivity contribution >= 4 is 27.7 Å². The molecule has 0 atom stereocenters. The molecular weight excluding hydrogens is 270 g/mol. The Hall–Kier alpha value is -1.42. The molecule has 82 valence electrons. The molecular formula is C12H10BrNO2. The van der Waals surface area contributed by atoms with Crippen molar-refractivity contribution in [2.24, 2.45) is 0 Å². The first-order chi connectivity index (χ1) is 7.66. The Bertz CT molecular complexity index is 450. The highest BCUT2D eigenvalue weighted by atomic mass is 79.9. The molecule has 0 saturated heterocycles. The van der Waals surface area contributed by atoms with Crippen LogP contribution in [0.5, 0.6) is 0 Å². The van der Waals surface area contributed by atoms with Crippen LogP contribution >= 0.6 is 15.9 Å². The van der Waals surface area contributed by atoms with Crippen LogP contribution < -0.4 is 0 Å². The van der Waals surface area contributed by atoms with Crippen molar-refractivity contribution in [1.29, 1.82) is 0 Å². The maximum Gasteiger partial charge on any atom is 0.253 e. The zero-order valence-corrected chi connectivity index (χ0v) is 10.1. The zero-order chi connectivity index (χ0) is 11.5. The van der Waals surface area contributed by atoms with E-state index in [9.17, 15) is 9.59 Å². The smallest absolute Gasteiger partial charge is 0.253 e. The monoisotopic (exact) mass is 279 g/mol. The number of carbonyl (C=O) groups excluding carboxylic acids is 2. The minimum Gasteiger partial charge on any atom is -0.275 e. The van der Waals surface area contributed by atoms with Crippen LogP contribution in [0.1, 0.15) is 5.56 Å². The van der Waals surface area contributed by atoms with Crippen molar-refractivity contribution in [2.75, 3.05) is 6.54 Å². The number of halogens is 1. The second-order valence-corrected chi connectivity index (χ2v) is 4.46. The molecule has 0 spiro atoms. The predicted molar refractivity (Wildman–Crippen MR) is 63.7 cm³/mol. The molecule has 2 rings (SSSR count). The van der Waals surface area contributed by atoms with Gasteiger partial charge in [0.05, 0.1) is 0 Å². The van der Waals surface area contributed by atoms with Gasteiger partial charge < -0.3 is 0 Å². The zero-order valence-electron chi connectivity index (χ0n) is 8.52. The lowest BCUT2D eigenvalue weighted by molar-refractivity contribution is -0.136. The van der Waals surface area contributed by atoms with E-state index in [1.807, 2.05) is 24.3 Å². The molecule has 0 aliphatic carbocycles. The number of imide groups is 1. The van der Waals surface area contributed by atoms with Crippen LogP contribution in [0, 0.1) is 0 Å². The molecule has 1 heterocycles. The van der Waals surface area contributed by atoms with E-state index >= 15 is 0 Å². The summed E-state index contributed by atoms with van der Waals surface area (Å²) in [5, 5.41) is 0. The van der Waals surface area contributed by atoms with Crippen LogP contribution in [0.4, 0.5) is 0 Å². The van der Waals surface area contributed by atoms with Crippen LogP contribution in [0.25, 0.3) is 0 Å². The van der Waals surface area contributed by atoms with Gasteiger partial charge in [-0.2, -0.15) is 0 Å².